The molecule has 0 aliphatic heterocycles. The molecule has 1 fully saturated rings. The third kappa shape index (κ3) is 10.4. The van der Waals surface area contributed by atoms with E-state index in [1.54, 1.807) is 0 Å². The fourth-order valence-corrected chi connectivity index (χ4v) is 4.96. The number of benzene rings is 1. The summed E-state index contributed by atoms with van der Waals surface area (Å²) in [6, 6.07) is 8.56. The van der Waals surface area contributed by atoms with Crippen molar-refractivity contribution in [2.75, 3.05) is 0 Å². The molecule has 0 aromatic heterocycles. The maximum atomic E-state index is 13.3. The number of amides is 1. The van der Waals surface area contributed by atoms with Gasteiger partial charge < -0.3 is 20.3 Å². The highest BCUT2D eigenvalue weighted by atomic mass is 16.5. The fourth-order valence-electron chi connectivity index (χ4n) is 4.96. The van der Waals surface area contributed by atoms with E-state index >= 15 is 0 Å². The highest BCUT2D eigenvalue weighted by molar-refractivity contribution is 5.89. The number of Topliss-reactive ketones (excluding diaryl/α,β-unsaturated/α-hetero) is 2. The minimum Gasteiger partial charge on any atom is -0.445 e. The summed E-state index contributed by atoms with van der Waals surface area (Å²) in [6.45, 7) is 6.07. The summed E-state index contributed by atoms with van der Waals surface area (Å²) < 4.78 is 5.31. The molecule has 7 nitrogen and oxygen atoms in total. The molecule has 5 atom stereocenters. The second-order valence-electron chi connectivity index (χ2n) is 10.7. The summed E-state index contributed by atoms with van der Waals surface area (Å²) in [6.07, 6.45) is 3.80. The minimum absolute atomic E-state index is 0.0104. The molecule has 2 rings (SSSR count). The zero-order valence-corrected chi connectivity index (χ0v) is 22.2. The standard InChI is InChI=1S/C29H45NO6/c1-4-5-13-23(28(34)27(33)17-22-14-9-10-15-25(22)31)18-26(32)24(16-20(2)3)30-29(35)36-19-21-11-7-6-8-12-21/h6-8,11-12,20,22-25,28,31,34H,4-5,9-10,13-19H2,1-3H3,(H,30,35)/t22-,23-,24+,25+,28+/m1/s1. The first-order valence-electron chi connectivity index (χ1n) is 13.6. The Morgan fingerprint density at radius 1 is 1.08 bits per heavy atom. The van der Waals surface area contributed by atoms with Gasteiger partial charge in [0.25, 0.3) is 0 Å². The summed E-state index contributed by atoms with van der Waals surface area (Å²) in [5.74, 6) is -0.987. The fraction of sp³-hybridized carbons (Fsp3) is 0.690. The predicted molar refractivity (Wildman–Crippen MR) is 139 cm³/mol. The van der Waals surface area contributed by atoms with Crippen LogP contribution in [0.5, 0.6) is 0 Å². The zero-order chi connectivity index (χ0) is 26.5. The van der Waals surface area contributed by atoms with Crippen LogP contribution < -0.4 is 5.32 Å². The van der Waals surface area contributed by atoms with E-state index in [9.17, 15) is 24.6 Å². The maximum Gasteiger partial charge on any atom is 0.408 e. The molecule has 0 unspecified atom stereocenters. The highest BCUT2D eigenvalue weighted by Crippen LogP contribution is 2.29. The van der Waals surface area contributed by atoms with Crippen molar-refractivity contribution < 1.29 is 29.3 Å². The molecular formula is C29H45NO6. The summed E-state index contributed by atoms with van der Waals surface area (Å²) in [7, 11) is 0. The quantitative estimate of drug-likeness (QED) is 0.312. The van der Waals surface area contributed by atoms with Crippen molar-refractivity contribution in [2.24, 2.45) is 17.8 Å². The van der Waals surface area contributed by atoms with Gasteiger partial charge in [-0.2, -0.15) is 0 Å². The topological polar surface area (TPSA) is 113 Å². The van der Waals surface area contributed by atoms with Gasteiger partial charge in [-0.3, -0.25) is 9.59 Å². The maximum absolute atomic E-state index is 13.3. The number of ketones is 2. The lowest BCUT2D eigenvalue weighted by molar-refractivity contribution is -0.134. The van der Waals surface area contributed by atoms with Crippen LogP contribution in [-0.4, -0.2) is 46.1 Å². The van der Waals surface area contributed by atoms with E-state index in [-0.39, 0.29) is 42.9 Å². The van der Waals surface area contributed by atoms with Crippen molar-refractivity contribution in [3.05, 3.63) is 35.9 Å². The van der Waals surface area contributed by atoms with Crippen molar-refractivity contribution in [1.29, 1.82) is 0 Å². The van der Waals surface area contributed by atoms with E-state index < -0.39 is 30.3 Å². The predicted octanol–water partition coefficient (Wildman–Crippen LogP) is 4.96. The Labute approximate surface area is 216 Å². The Hall–Kier alpha value is -2.25. The van der Waals surface area contributed by atoms with Gasteiger partial charge in [-0.25, -0.2) is 4.79 Å². The lowest BCUT2D eigenvalue weighted by Gasteiger charge is -2.29. The van der Waals surface area contributed by atoms with Crippen LogP contribution in [0.1, 0.15) is 90.5 Å². The lowest BCUT2D eigenvalue weighted by Crippen LogP contribution is -2.44. The molecule has 1 saturated carbocycles. The van der Waals surface area contributed by atoms with E-state index in [0.717, 1.165) is 37.7 Å². The molecule has 1 aromatic carbocycles. The number of hydrogen-bond acceptors (Lipinski definition) is 6. The number of aliphatic hydroxyl groups is 2. The molecule has 0 bridgehead atoms. The molecule has 1 aliphatic carbocycles. The third-order valence-electron chi connectivity index (χ3n) is 7.10. The molecule has 1 aromatic rings. The van der Waals surface area contributed by atoms with Crippen LogP contribution in [0.15, 0.2) is 30.3 Å². The van der Waals surface area contributed by atoms with Gasteiger partial charge >= 0.3 is 6.09 Å². The smallest absolute Gasteiger partial charge is 0.408 e. The van der Waals surface area contributed by atoms with Crippen LogP contribution in [-0.2, 0) is 20.9 Å². The number of hydrogen-bond donors (Lipinski definition) is 3. The van der Waals surface area contributed by atoms with E-state index in [1.807, 2.05) is 51.1 Å². The number of rotatable bonds is 15. The van der Waals surface area contributed by atoms with Gasteiger partial charge in [-0.15, -0.1) is 0 Å². The number of nitrogens with one attached hydrogen (secondary N) is 1. The molecule has 1 amide bonds. The molecule has 7 heteroatoms. The number of ether oxygens (including phenoxy) is 1. The summed E-state index contributed by atoms with van der Waals surface area (Å²) in [4.78, 5) is 38.7. The first kappa shape index (κ1) is 30.0. The first-order valence-corrected chi connectivity index (χ1v) is 13.6. The van der Waals surface area contributed by atoms with Gasteiger partial charge in [-0.05, 0) is 49.0 Å². The van der Waals surface area contributed by atoms with Gasteiger partial charge in [-0.1, -0.05) is 76.8 Å². The largest absolute Gasteiger partial charge is 0.445 e. The number of carbonyl (C=O) groups is 3. The van der Waals surface area contributed by atoms with Gasteiger partial charge in [0.1, 0.15) is 12.7 Å². The summed E-state index contributed by atoms with van der Waals surface area (Å²) >= 11 is 0. The number of alkyl carbamates (subject to hydrolysis) is 1. The molecule has 0 heterocycles. The van der Waals surface area contributed by atoms with E-state index in [4.69, 9.17) is 4.74 Å². The molecule has 3 N–H and O–H groups in total. The minimum atomic E-state index is -1.25. The van der Waals surface area contributed by atoms with Crippen molar-refractivity contribution in [1.82, 2.24) is 5.32 Å². The molecule has 36 heavy (non-hydrogen) atoms. The average molecular weight is 504 g/mol. The van der Waals surface area contributed by atoms with Gasteiger partial charge in [0.15, 0.2) is 11.6 Å². The second-order valence-corrected chi connectivity index (χ2v) is 10.7. The Balaban J connectivity index is 2.01. The van der Waals surface area contributed by atoms with Crippen LogP contribution in [0.2, 0.25) is 0 Å². The monoisotopic (exact) mass is 503 g/mol. The molecule has 0 spiro atoms. The van der Waals surface area contributed by atoms with Gasteiger partial charge in [0, 0.05) is 12.8 Å². The summed E-state index contributed by atoms with van der Waals surface area (Å²) in [5.41, 5.74) is 0.851. The second kappa shape index (κ2) is 15.8. The highest BCUT2D eigenvalue weighted by Gasteiger charge is 2.34. The molecule has 0 saturated heterocycles. The number of unbranched alkanes of at least 4 members (excludes halogenated alkanes) is 1. The Kier molecular flexibility index (Phi) is 13.1. The molecule has 0 radical (unpaired) electrons. The molecular weight excluding hydrogens is 458 g/mol. The van der Waals surface area contributed by atoms with E-state index in [1.165, 1.54) is 0 Å². The Morgan fingerprint density at radius 2 is 1.78 bits per heavy atom. The zero-order valence-electron chi connectivity index (χ0n) is 22.2. The van der Waals surface area contributed by atoms with Crippen LogP contribution in [0.25, 0.3) is 0 Å². The molecule has 1 aliphatic rings. The van der Waals surface area contributed by atoms with Gasteiger partial charge in [0.05, 0.1) is 12.1 Å². The SMILES string of the molecule is CCCC[C@H](CC(=O)[C@H](CC(C)C)NC(=O)OCc1ccccc1)[C@H](O)C(=O)C[C@H]1CCCC[C@@H]1O. The van der Waals surface area contributed by atoms with Crippen molar-refractivity contribution in [3.8, 4) is 0 Å². The van der Waals surface area contributed by atoms with Crippen LogP contribution >= 0.6 is 0 Å². The molecule has 202 valence electrons. The van der Waals surface area contributed by atoms with Crippen molar-refractivity contribution in [2.45, 2.75) is 110 Å². The Morgan fingerprint density at radius 3 is 2.42 bits per heavy atom. The normalized spacial score (nSPS) is 20.4. The first-order chi connectivity index (χ1) is 17.2. The summed E-state index contributed by atoms with van der Waals surface area (Å²) in [5, 5.41) is 23.9. The Bertz CT molecular complexity index is 811. The van der Waals surface area contributed by atoms with Crippen molar-refractivity contribution >= 4 is 17.7 Å². The van der Waals surface area contributed by atoms with Crippen molar-refractivity contribution in [3.63, 3.8) is 0 Å². The number of aliphatic hydroxyl groups excluding tert-OH is 2. The van der Waals surface area contributed by atoms with Crippen LogP contribution in [0, 0.1) is 17.8 Å². The lowest BCUT2D eigenvalue weighted by atomic mass is 9.79. The van der Waals surface area contributed by atoms with Gasteiger partial charge in [0.2, 0.25) is 0 Å². The van der Waals surface area contributed by atoms with E-state index in [0.29, 0.717) is 19.3 Å². The van der Waals surface area contributed by atoms with Crippen LogP contribution in [0.3, 0.4) is 0 Å². The third-order valence-corrected chi connectivity index (χ3v) is 7.10. The van der Waals surface area contributed by atoms with Crippen LogP contribution in [0.4, 0.5) is 4.79 Å². The average Bonchev–Trinajstić information content (AvgIpc) is 2.86. The number of carbonyl (C=O) groups excluding carboxylic acids is 3. The van der Waals surface area contributed by atoms with E-state index in [2.05, 4.69) is 5.32 Å².